The fraction of sp³-hybridized carbons (Fsp3) is 0.562. The van der Waals surface area contributed by atoms with Crippen LogP contribution >= 0.6 is 0 Å². The predicted octanol–water partition coefficient (Wildman–Crippen LogP) is 3.95. The monoisotopic (exact) mass is 276 g/mol. The zero-order valence-electron chi connectivity index (χ0n) is 11.9. The molecule has 108 valence electrons. The third kappa shape index (κ3) is 2.85. The van der Waals surface area contributed by atoms with Gasteiger partial charge in [-0.3, -0.25) is 0 Å². The van der Waals surface area contributed by atoms with Crippen LogP contribution in [0.2, 0.25) is 0 Å². The average molecular weight is 276 g/mol. The Hall–Kier alpha value is -1.42. The summed E-state index contributed by atoms with van der Waals surface area (Å²) in [7, 11) is 0. The van der Waals surface area contributed by atoms with Gasteiger partial charge in [-0.25, -0.2) is 9.37 Å². The van der Waals surface area contributed by atoms with Crippen LogP contribution in [0.15, 0.2) is 22.6 Å². The minimum Gasteiger partial charge on any atom is -0.440 e. The highest BCUT2D eigenvalue weighted by Crippen LogP contribution is 2.30. The summed E-state index contributed by atoms with van der Waals surface area (Å²) in [5.41, 5.74) is 1.32. The molecule has 2 heterocycles. The van der Waals surface area contributed by atoms with Gasteiger partial charge in [0.1, 0.15) is 11.3 Å². The van der Waals surface area contributed by atoms with Crippen molar-refractivity contribution in [1.29, 1.82) is 0 Å². The molecule has 0 saturated carbocycles. The molecule has 1 aromatic heterocycles. The molecule has 0 radical (unpaired) electrons. The highest BCUT2D eigenvalue weighted by Gasteiger charge is 2.24. The van der Waals surface area contributed by atoms with Crippen molar-refractivity contribution in [3.8, 4) is 0 Å². The molecule has 1 saturated heterocycles. The van der Waals surface area contributed by atoms with E-state index in [9.17, 15) is 4.39 Å². The normalized spacial score (nSPS) is 17.9. The van der Waals surface area contributed by atoms with Crippen LogP contribution in [0.5, 0.6) is 0 Å². The second kappa shape index (κ2) is 5.92. The van der Waals surface area contributed by atoms with Gasteiger partial charge in [0.25, 0.3) is 0 Å². The van der Waals surface area contributed by atoms with Crippen molar-refractivity contribution in [3.05, 3.63) is 29.9 Å². The van der Waals surface area contributed by atoms with Crippen molar-refractivity contribution in [3.63, 3.8) is 0 Å². The first-order valence-corrected chi connectivity index (χ1v) is 7.54. The van der Waals surface area contributed by atoms with Crippen LogP contribution in [0.4, 0.5) is 4.39 Å². The van der Waals surface area contributed by atoms with Gasteiger partial charge >= 0.3 is 0 Å². The van der Waals surface area contributed by atoms with E-state index >= 15 is 0 Å². The maximum atomic E-state index is 13.2. The summed E-state index contributed by atoms with van der Waals surface area (Å²) in [5.74, 6) is 0.888. The number of piperidine rings is 1. The maximum absolute atomic E-state index is 13.2. The van der Waals surface area contributed by atoms with E-state index in [1.165, 1.54) is 31.5 Å². The lowest BCUT2D eigenvalue weighted by Gasteiger charge is -2.30. The van der Waals surface area contributed by atoms with Crippen molar-refractivity contribution in [2.75, 3.05) is 19.6 Å². The van der Waals surface area contributed by atoms with Crippen molar-refractivity contribution >= 4 is 11.1 Å². The summed E-state index contributed by atoms with van der Waals surface area (Å²) in [4.78, 5) is 7.03. The Bertz CT molecular complexity index is 573. The average Bonchev–Trinajstić information content (AvgIpc) is 2.88. The van der Waals surface area contributed by atoms with E-state index in [-0.39, 0.29) is 5.82 Å². The molecule has 1 aromatic carbocycles. The van der Waals surface area contributed by atoms with E-state index in [1.807, 2.05) is 0 Å². The molecule has 4 heteroatoms. The fourth-order valence-electron chi connectivity index (χ4n) is 2.88. The maximum Gasteiger partial charge on any atom is 0.198 e. The topological polar surface area (TPSA) is 29.3 Å². The number of nitrogens with zero attached hydrogens (tertiary/aromatic N) is 2. The molecule has 0 N–H and O–H groups in total. The quantitative estimate of drug-likeness (QED) is 0.847. The lowest BCUT2D eigenvalue weighted by atomic mass is 9.96. The van der Waals surface area contributed by atoms with Crippen LogP contribution in [-0.2, 0) is 0 Å². The number of benzene rings is 1. The Kier molecular flexibility index (Phi) is 4.01. The van der Waals surface area contributed by atoms with Gasteiger partial charge in [0, 0.05) is 12.0 Å². The summed E-state index contributed by atoms with van der Waals surface area (Å²) in [5, 5.41) is 0. The summed E-state index contributed by atoms with van der Waals surface area (Å²) >= 11 is 0. The lowest BCUT2D eigenvalue weighted by molar-refractivity contribution is 0.199. The summed E-state index contributed by atoms with van der Waals surface area (Å²) in [6.45, 7) is 5.64. The number of rotatable bonds is 4. The molecular weight excluding hydrogens is 255 g/mol. The third-order valence-electron chi connectivity index (χ3n) is 4.13. The highest BCUT2D eigenvalue weighted by molar-refractivity contribution is 5.72. The molecule has 2 aromatic rings. The molecule has 0 spiro atoms. The number of hydrogen-bond acceptors (Lipinski definition) is 3. The van der Waals surface area contributed by atoms with Gasteiger partial charge in [0.2, 0.25) is 0 Å². The van der Waals surface area contributed by atoms with Crippen LogP contribution in [0.3, 0.4) is 0 Å². The molecule has 1 aliphatic heterocycles. The first-order chi connectivity index (χ1) is 9.76. The van der Waals surface area contributed by atoms with Crippen molar-refractivity contribution in [1.82, 2.24) is 9.88 Å². The van der Waals surface area contributed by atoms with Gasteiger partial charge in [-0.2, -0.15) is 0 Å². The molecule has 1 fully saturated rings. The second-order valence-corrected chi connectivity index (χ2v) is 5.63. The minimum absolute atomic E-state index is 0.269. The van der Waals surface area contributed by atoms with Gasteiger partial charge < -0.3 is 9.32 Å². The molecule has 0 amide bonds. The molecule has 0 aliphatic carbocycles. The van der Waals surface area contributed by atoms with Gasteiger partial charge in [-0.05, 0) is 51.0 Å². The van der Waals surface area contributed by atoms with E-state index in [0.717, 1.165) is 37.3 Å². The molecule has 0 bridgehead atoms. The Morgan fingerprint density at radius 2 is 2.15 bits per heavy atom. The molecule has 3 nitrogen and oxygen atoms in total. The SMILES string of the molecule is CCCCN1CCC(c2nc3ccc(F)cc3o2)CC1. The van der Waals surface area contributed by atoms with Crippen molar-refractivity contribution < 1.29 is 8.81 Å². The standard InChI is InChI=1S/C16H21FN2O/c1-2-3-8-19-9-6-12(7-10-19)16-18-14-5-4-13(17)11-15(14)20-16/h4-5,11-12H,2-3,6-10H2,1H3. The van der Waals surface area contributed by atoms with E-state index in [1.54, 1.807) is 6.07 Å². The van der Waals surface area contributed by atoms with E-state index in [2.05, 4.69) is 16.8 Å². The molecule has 0 unspecified atom stereocenters. The summed E-state index contributed by atoms with van der Waals surface area (Å²) in [6.07, 6.45) is 4.68. The first kappa shape index (κ1) is 13.6. The van der Waals surface area contributed by atoms with Crippen LogP contribution in [0, 0.1) is 5.82 Å². The first-order valence-electron chi connectivity index (χ1n) is 7.54. The summed E-state index contributed by atoms with van der Waals surface area (Å²) in [6, 6.07) is 4.54. The van der Waals surface area contributed by atoms with Gasteiger partial charge in [-0.1, -0.05) is 13.3 Å². The Balaban J connectivity index is 1.67. The van der Waals surface area contributed by atoms with Gasteiger partial charge in [0.15, 0.2) is 11.5 Å². The van der Waals surface area contributed by atoms with Crippen LogP contribution in [0.25, 0.3) is 11.1 Å². The minimum atomic E-state index is -0.269. The van der Waals surface area contributed by atoms with E-state index in [4.69, 9.17) is 4.42 Å². The zero-order chi connectivity index (χ0) is 13.9. The Morgan fingerprint density at radius 1 is 1.35 bits per heavy atom. The third-order valence-corrected chi connectivity index (χ3v) is 4.13. The zero-order valence-corrected chi connectivity index (χ0v) is 11.9. The Morgan fingerprint density at radius 3 is 2.90 bits per heavy atom. The number of unbranched alkanes of at least 4 members (excludes halogenated alkanes) is 1. The second-order valence-electron chi connectivity index (χ2n) is 5.63. The molecule has 20 heavy (non-hydrogen) atoms. The highest BCUT2D eigenvalue weighted by atomic mass is 19.1. The number of fused-ring (bicyclic) bond motifs is 1. The van der Waals surface area contributed by atoms with Crippen molar-refractivity contribution in [2.45, 2.75) is 38.5 Å². The number of hydrogen-bond donors (Lipinski definition) is 0. The van der Waals surface area contributed by atoms with E-state index in [0.29, 0.717) is 11.5 Å². The van der Waals surface area contributed by atoms with Gasteiger partial charge in [0.05, 0.1) is 0 Å². The fourth-order valence-corrected chi connectivity index (χ4v) is 2.88. The lowest BCUT2D eigenvalue weighted by Crippen LogP contribution is -2.33. The summed E-state index contributed by atoms with van der Waals surface area (Å²) < 4.78 is 18.9. The molecule has 0 atom stereocenters. The largest absolute Gasteiger partial charge is 0.440 e. The smallest absolute Gasteiger partial charge is 0.198 e. The molecule has 1 aliphatic rings. The predicted molar refractivity (Wildman–Crippen MR) is 77.3 cm³/mol. The molecular formula is C16H21FN2O. The van der Waals surface area contributed by atoms with Crippen LogP contribution in [0.1, 0.15) is 44.4 Å². The number of likely N-dealkylation sites (tertiary alicyclic amines) is 1. The van der Waals surface area contributed by atoms with Crippen molar-refractivity contribution in [2.24, 2.45) is 0 Å². The molecule has 3 rings (SSSR count). The van der Waals surface area contributed by atoms with E-state index < -0.39 is 0 Å². The van der Waals surface area contributed by atoms with Crippen LogP contribution < -0.4 is 0 Å². The number of aromatic nitrogens is 1. The van der Waals surface area contributed by atoms with Gasteiger partial charge in [-0.15, -0.1) is 0 Å². The van der Waals surface area contributed by atoms with Crippen LogP contribution in [-0.4, -0.2) is 29.5 Å². The number of oxazole rings is 1. The number of halogens is 1. The Labute approximate surface area is 118 Å².